The van der Waals surface area contributed by atoms with Gasteiger partial charge in [-0.2, -0.15) is 5.10 Å². The summed E-state index contributed by atoms with van der Waals surface area (Å²) in [4.78, 5) is 8.51. The zero-order valence-corrected chi connectivity index (χ0v) is 12.6. The van der Waals surface area contributed by atoms with Crippen molar-refractivity contribution < 1.29 is 4.74 Å². The zero-order valence-electron chi connectivity index (χ0n) is 11.9. The largest absolute Gasteiger partial charge is 0.374 e. The van der Waals surface area contributed by atoms with Crippen molar-refractivity contribution >= 4 is 23.1 Å². The molecule has 6 nitrogen and oxygen atoms in total. The van der Waals surface area contributed by atoms with Gasteiger partial charge in [-0.25, -0.2) is 9.97 Å². The summed E-state index contributed by atoms with van der Waals surface area (Å²) in [5.74, 6) is 1.20. The topological polar surface area (TPSA) is 64.9 Å². The molecule has 2 heterocycles. The molecule has 0 aliphatic rings. The Labute approximate surface area is 123 Å². The van der Waals surface area contributed by atoms with Gasteiger partial charge in [-0.3, -0.25) is 4.68 Å². The van der Waals surface area contributed by atoms with Crippen LogP contribution < -0.4 is 5.32 Å². The standard InChI is InChI=1S/C13H18ClN5O/c1-4-9-10(7-19(3)18-9)15-12-6-11(14)16-13(17-12)8-20-5-2/h6-7H,4-5,8H2,1-3H3,(H,15,16,17). The first-order valence-electron chi connectivity index (χ1n) is 6.53. The van der Waals surface area contributed by atoms with Gasteiger partial charge in [-0.15, -0.1) is 0 Å². The van der Waals surface area contributed by atoms with Gasteiger partial charge >= 0.3 is 0 Å². The second-order valence-electron chi connectivity index (χ2n) is 4.27. The molecule has 2 aromatic rings. The van der Waals surface area contributed by atoms with E-state index in [1.54, 1.807) is 10.7 Å². The molecule has 0 saturated heterocycles. The average Bonchev–Trinajstić information content (AvgIpc) is 2.75. The van der Waals surface area contributed by atoms with Crippen molar-refractivity contribution in [1.82, 2.24) is 19.7 Å². The maximum atomic E-state index is 6.01. The number of nitrogens with zero attached hydrogens (tertiary/aromatic N) is 4. The predicted molar refractivity (Wildman–Crippen MR) is 78.2 cm³/mol. The number of rotatable bonds is 6. The van der Waals surface area contributed by atoms with Crippen molar-refractivity contribution in [1.29, 1.82) is 0 Å². The summed E-state index contributed by atoms with van der Waals surface area (Å²) < 4.78 is 7.07. The first-order valence-corrected chi connectivity index (χ1v) is 6.91. The van der Waals surface area contributed by atoms with Gasteiger partial charge in [0.1, 0.15) is 17.6 Å². The van der Waals surface area contributed by atoms with Crippen LogP contribution in [0.2, 0.25) is 5.15 Å². The van der Waals surface area contributed by atoms with Crippen molar-refractivity contribution in [3.05, 3.63) is 28.9 Å². The summed E-state index contributed by atoms with van der Waals surface area (Å²) >= 11 is 6.01. The third-order valence-electron chi connectivity index (χ3n) is 2.68. The Kier molecular flexibility index (Phi) is 4.92. The lowest BCUT2D eigenvalue weighted by molar-refractivity contribution is 0.128. The normalized spacial score (nSPS) is 10.8. The summed E-state index contributed by atoms with van der Waals surface area (Å²) in [6.07, 6.45) is 2.75. The maximum Gasteiger partial charge on any atom is 0.158 e. The molecule has 2 rings (SSSR count). The van der Waals surface area contributed by atoms with E-state index in [0.29, 0.717) is 30.0 Å². The highest BCUT2D eigenvalue weighted by Gasteiger charge is 2.09. The van der Waals surface area contributed by atoms with E-state index in [1.165, 1.54) is 0 Å². The molecule has 0 aliphatic carbocycles. The first-order chi connectivity index (χ1) is 9.62. The molecule has 1 N–H and O–H groups in total. The molecule has 0 atom stereocenters. The number of ether oxygens (including phenoxy) is 1. The van der Waals surface area contributed by atoms with Gasteiger partial charge in [0.15, 0.2) is 5.82 Å². The number of aryl methyl sites for hydroxylation is 2. The highest BCUT2D eigenvalue weighted by Crippen LogP contribution is 2.21. The van der Waals surface area contributed by atoms with Gasteiger partial charge in [0.2, 0.25) is 0 Å². The maximum absolute atomic E-state index is 6.01. The average molecular weight is 296 g/mol. The lowest BCUT2D eigenvalue weighted by Gasteiger charge is -2.07. The second-order valence-corrected chi connectivity index (χ2v) is 4.66. The van der Waals surface area contributed by atoms with E-state index >= 15 is 0 Å². The summed E-state index contributed by atoms with van der Waals surface area (Å²) in [6, 6.07) is 1.68. The summed E-state index contributed by atoms with van der Waals surface area (Å²) in [6.45, 7) is 4.94. The van der Waals surface area contributed by atoms with Crippen molar-refractivity contribution in [2.75, 3.05) is 11.9 Å². The van der Waals surface area contributed by atoms with Crippen LogP contribution in [0.25, 0.3) is 0 Å². The SMILES string of the molecule is CCOCc1nc(Cl)cc(Nc2cn(C)nc2CC)n1. The molecule has 0 fully saturated rings. The summed E-state index contributed by atoms with van der Waals surface area (Å²) in [7, 11) is 1.89. The van der Waals surface area contributed by atoms with E-state index < -0.39 is 0 Å². The molecule has 0 saturated carbocycles. The van der Waals surface area contributed by atoms with E-state index in [-0.39, 0.29) is 0 Å². The number of hydrogen-bond acceptors (Lipinski definition) is 5. The van der Waals surface area contributed by atoms with Crippen LogP contribution in [0.4, 0.5) is 11.5 Å². The minimum absolute atomic E-state index is 0.347. The molecule has 0 amide bonds. The fourth-order valence-corrected chi connectivity index (χ4v) is 2.03. The lowest BCUT2D eigenvalue weighted by Crippen LogP contribution is -2.03. The molecule has 20 heavy (non-hydrogen) atoms. The minimum atomic E-state index is 0.347. The van der Waals surface area contributed by atoms with E-state index in [0.717, 1.165) is 17.8 Å². The third kappa shape index (κ3) is 3.68. The lowest BCUT2D eigenvalue weighted by atomic mass is 10.3. The van der Waals surface area contributed by atoms with Crippen molar-refractivity contribution in [2.45, 2.75) is 26.9 Å². The molecular weight excluding hydrogens is 278 g/mol. The van der Waals surface area contributed by atoms with Crippen LogP contribution in [-0.4, -0.2) is 26.4 Å². The first kappa shape index (κ1) is 14.7. The second kappa shape index (κ2) is 6.67. The van der Waals surface area contributed by atoms with Gasteiger partial charge in [0.05, 0.1) is 11.4 Å². The Morgan fingerprint density at radius 3 is 2.85 bits per heavy atom. The third-order valence-corrected chi connectivity index (χ3v) is 2.87. The van der Waals surface area contributed by atoms with E-state index in [2.05, 4.69) is 27.3 Å². The predicted octanol–water partition coefficient (Wildman–Crippen LogP) is 2.71. The van der Waals surface area contributed by atoms with Crippen molar-refractivity contribution in [2.24, 2.45) is 7.05 Å². The Morgan fingerprint density at radius 2 is 2.15 bits per heavy atom. The van der Waals surface area contributed by atoms with Gasteiger partial charge in [0.25, 0.3) is 0 Å². The van der Waals surface area contributed by atoms with Crippen LogP contribution in [0.5, 0.6) is 0 Å². The fourth-order valence-electron chi connectivity index (χ4n) is 1.82. The molecule has 0 aliphatic heterocycles. The quantitative estimate of drug-likeness (QED) is 0.830. The van der Waals surface area contributed by atoms with E-state index in [9.17, 15) is 0 Å². The molecule has 0 radical (unpaired) electrons. The van der Waals surface area contributed by atoms with Crippen molar-refractivity contribution in [3.63, 3.8) is 0 Å². The van der Waals surface area contributed by atoms with Gasteiger partial charge in [-0.1, -0.05) is 18.5 Å². The van der Waals surface area contributed by atoms with Gasteiger partial charge in [-0.05, 0) is 13.3 Å². The highest BCUT2D eigenvalue weighted by atomic mass is 35.5. The Balaban J connectivity index is 2.21. The van der Waals surface area contributed by atoms with Crippen LogP contribution in [0.15, 0.2) is 12.3 Å². The van der Waals surface area contributed by atoms with Gasteiger partial charge in [0, 0.05) is 25.9 Å². The molecular formula is C13H18ClN5O. The Morgan fingerprint density at radius 1 is 1.35 bits per heavy atom. The molecule has 7 heteroatoms. The van der Waals surface area contributed by atoms with Crippen LogP contribution in [0.3, 0.4) is 0 Å². The van der Waals surface area contributed by atoms with Crippen LogP contribution in [0.1, 0.15) is 25.4 Å². The van der Waals surface area contributed by atoms with Crippen molar-refractivity contribution in [3.8, 4) is 0 Å². The fraction of sp³-hybridized carbons (Fsp3) is 0.462. The molecule has 0 unspecified atom stereocenters. The number of nitrogens with one attached hydrogen (secondary N) is 1. The van der Waals surface area contributed by atoms with Crippen LogP contribution >= 0.6 is 11.6 Å². The molecule has 108 valence electrons. The minimum Gasteiger partial charge on any atom is -0.374 e. The molecule has 0 aromatic carbocycles. The number of aromatic nitrogens is 4. The molecule has 0 bridgehead atoms. The number of hydrogen-bond donors (Lipinski definition) is 1. The number of halogens is 1. The zero-order chi connectivity index (χ0) is 14.5. The van der Waals surface area contributed by atoms with Crippen LogP contribution in [-0.2, 0) is 24.8 Å². The van der Waals surface area contributed by atoms with Crippen LogP contribution in [0, 0.1) is 0 Å². The highest BCUT2D eigenvalue weighted by molar-refractivity contribution is 6.29. The summed E-state index contributed by atoms with van der Waals surface area (Å²) in [5, 5.41) is 7.99. The Bertz CT molecular complexity index is 584. The summed E-state index contributed by atoms with van der Waals surface area (Å²) in [5.41, 5.74) is 1.90. The van der Waals surface area contributed by atoms with E-state index in [4.69, 9.17) is 16.3 Å². The van der Waals surface area contributed by atoms with E-state index in [1.807, 2.05) is 20.2 Å². The van der Waals surface area contributed by atoms with Gasteiger partial charge < -0.3 is 10.1 Å². The number of anilines is 2. The monoisotopic (exact) mass is 295 g/mol. The Hall–Kier alpha value is -1.66. The smallest absolute Gasteiger partial charge is 0.158 e. The molecule has 0 spiro atoms. The molecule has 2 aromatic heterocycles.